The minimum absolute atomic E-state index is 0.636. The highest BCUT2D eigenvalue weighted by Crippen LogP contribution is 2.63. The Labute approximate surface area is 198 Å². The van der Waals surface area contributed by atoms with Crippen LogP contribution in [0.2, 0.25) is 0 Å². The Kier molecular flexibility index (Phi) is 10.9. The topological polar surface area (TPSA) is 27.7 Å². The summed E-state index contributed by atoms with van der Waals surface area (Å²) in [5.41, 5.74) is 0. The summed E-state index contributed by atoms with van der Waals surface area (Å²) in [6.07, 6.45) is -9.20. The van der Waals surface area contributed by atoms with E-state index in [0.717, 1.165) is 20.8 Å². The first-order valence-electron chi connectivity index (χ1n) is 9.74. The maximum absolute atomic E-state index is 14.7. The summed E-state index contributed by atoms with van der Waals surface area (Å²) >= 11 is 0. The number of rotatable bonds is 16. The van der Waals surface area contributed by atoms with E-state index in [2.05, 4.69) is 13.3 Å². The van der Waals surface area contributed by atoms with Crippen LogP contribution in [-0.4, -0.2) is 82.3 Å². The molecule has 0 fully saturated rings. The van der Waals surface area contributed by atoms with E-state index >= 15 is 0 Å². The Hall–Kier alpha value is -1.09. The third-order valence-corrected chi connectivity index (χ3v) is 7.63. The third-order valence-electron chi connectivity index (χ3n) is 4.59. The van der Waals surface area contributed by atoms with Crippen LogP contribution in [-0.2, 0) is 13.3 Å². The molecule has 0 saturated carbocycles. The molecule has 0 aromatic carbocycles. The lowest BCUT2D eigenvalue weighted by Crippen LogP contribution is -2.74. The minimum atomic E-state index is -8.55. The molecule has 0 aliphatic carbocycles. The van der Waals surface area contributed by atoms with Gasteiger partial charge in [-0.15, -0.1) is 0 Å². The van der Waals surface area contributed by atoms with Crippen LogP contribution in [0.5, 0.6) is 0 Å². The molecule has 0 saturated heterocycles. The van der Waals surface area contributed by atoms with Crippen LogP contribution in [0.1, 0.15) is 27.2 Å². The van der Waals surface area contributed by atoms with Gasteiger partial charge in [0.25, 0.3) is 0 Å². The second-order valence-electron chi connectivity index (χ2n) is 7.07. The molecule has 0 heterocycles. The first-order valence-corrected chi connectivity index (χ1v) is 11.5. The summed E-state index contributed by atoms with van der Waals surface area (Å²) in [6, 6.07) is 0. The van der Waals surface area contributed by atoms with Gasteiger partial charge in [-0.3, -0.25) is 0 Å². The molecule has 1 atom stereocenters. The smallest absolute Gasteiger partial charge is 0.372 e. The zero-order valence-electron chi connectivity index (χ0n) is 18.6. The van der Waals surface area contributed by atoms with E-state index in [1.165, 1.54) is 0 Å². The van der Waals surface area contributed by atoms with E-state index in [-0.39, 0.29) is 0 Å². The Bertz CT molecular complexity index is 729. The normalized spacial score (nSPS) is 16.5. The molecule has 0 aromatic rings. The Morgan fingerprint density at radius 2 is 0.811 bits per heavy atom. The summed E-state index contributed by atoms with van der Waals surface area (Å²) < 4.78 is 243. The molecule has 3 nitrogen and oxygen atoms in total. The van der Waals surface area contributed by atoms with Crippen molar-refractivity contribution in [2.24, 2.45) is 0 Å². The molecule has 37 heavy (non-hydrogen) atoms. The molecule has 0 radical (unpaired) electrons. The van der Waals surface area contributed by atoms with E-state index in [4.69, 9.17) is 0 Å². The average molecular weight is 610 g/mol. The van der Waals surface area contributed by atoms with Crippen molar-refractivity contribution in [2.45, 2.75) is 80.9 Å². The number of hydrogen-bond donors (Lipinski definition) is 0. The van der Waals surface area contributed by atoms with Crippen molar-refractivity contribution in [1.82, 2.24) is 0 Å². The van der Waals surface area contributed by atoms with Crippen molar-refractivity contribution in [3.63, 3.8) is 0 Å². The fourth-order valence-corrected chi connectivity index (χ4v) is 5.15. The second-order valence-corrected chi connectivity index (χ2v) is 9.77. The van der Waals surface area contributed by atoms with Gasteiger partial charge in [0.1, 0.15) is 0 Å². The van der Waals surface area contributed by atoms with Gasteiger partial charge in [0.15, 0.2) is 5.79 Å². The zero-order valence-corrected chi connectivity index (χ0v) is 19.6. The third kappa shape index (κ3) is 5.63. The largest absolute Gasteiger partial charge is 0.537 e. The summed E-state index contributed by atoms with van der Waals surface area (Å²) in [5, 5.41) is 0. The molecular weight excluding hydrogens is 591 g/mol. The molecule has 0 spiro atoms. The molecular formula is C16H19F17O3Si. The van der Waals surface area contributed by atoms with Crippen molar-refractivity contribution >= 4 is 8.80 Å². The highest BCUT2D eigenvalue weighted by atomic mass is 28.4. The van der Waals surface area contributed by atoms with E-state index in [0.29, 0.717) is 0 Å². The lowest BCUT2D eigenvalue weighted by atomic mass is 9.88. The first-order chi connectivity index (χ1) is 16.3. The maximum Gasteiger partial charge on any atom is 0.537 e. The fraction of sp³-hybridized carbons (Fsp3) is 1.00. The van der Waals surface area contributed by atoms with Crippen molar-refractivity contribution in [1.29, 1.82) is 0 Å². The Morgan fingerprint density at radius 1 is 0.514 bits per heavy atom. The molecule has 1 unspecified atom stereocenters. The van der Waals surface area contributed by atoms with Gasteiger partial charge in [-0.1, -0.05) is 0 Å². The highest BCUT2D eigenvalue weighted by Gasteiger charge is 2.93. The van der Waals surface area contributed by atoms with Crippen LogP contribution >= 0.6 is 0 Å². The minimum Gasteiger partial charge on any atom is -0.372 e. The molecule has 0 N–H and O–H groups in total. The lowest BCUT2D eigenvalue weighted by Gasteiger charge is -2.43. The molecule has 0 aliphatic rings. The first kappa shape index (κ1) is 35.9. The van der Waals surface area contributed by atoms with Gasteiger partial charge in [0.05, 0.1) is 6.42 Å². The van der Waals surface area contributed by atoms with Crippen LogP contribution in [0.25, 0.3) is 0 Å². The summed E-state index contributed by atoms with van der Waals surface area (Å²) in [4.78, 5) is 0. The van der Waals surface area contributed by atoms with Gasteiger partial charge in [-0.05, 0) is 20.8 Å². The highest BCUT2D eigenvalue weighted by molar-refractivity contribution is 6.62. The number of halogens is 17. The zero-order chi connectivity index (χ0) is 30.1. The second kappa shape index (κ2) is 11.2. The van der Waals surface area contributed by atoms with Gasteiger partial charge >= 0.3 is 56.7 Å². The SMILES string of the molecule is CCO[Si](OCC)(OCC)C(F)CC(F)(F)C(F)(F)C(F)(F)C(F)(F)C(F)(F)C(F)(F)C(F)(F)C(F)F. The number of hydrogen-bond acceptors (Lipinski definition) is 3. The maximum atomic E-state index is 14.7. The average Bonchev–Trinajstić information content (AvgIpc) is 2.72. The molecule has 21 heteroatoms. The van der Waals surface area contributed by atoms with Crippen molar-refractivity contribution < 1.29 is 87.9 Å². The van der Waals surface area contributed by atoms with Gasteiger partial charge in [0.2, 0.25) is 0 Å². The van der Waals surface area contributed by atoms with Crippen LogP contribution in [0.15, 0.2) is 0 Å². The predicted molar refractivity (Wildman–Crippen MR) is 90.8 cm³/mol. The van der Waals surface area contributed by atoms with Gasteiger partial charge in [-0.25, -0.2) is 13.2 Å². The van der Waals surface area contributed by atoms with Gasteiger partial charge in [0, 0.05) is 19.8 Å². The Morgan fingerprint density at radius 3 is 1.11 bits per heavy atom. The molecule has 0 bridgehead atoms. The monoisotopic (exact) mass is 610 g/mol. The summed E-state index contributed by atoms with van der Waals surface area (Å²) in [5.74, 6) is -59.5. The number of alkyl halides is 17. The van der Waals surface area contributed by atoms with E-state index in [1.54, 1.807) is 0 Å². The molecule has 0 aromatic heterocycles. The van der Waals surface area contributed by atoms with E-state index in [9.17, 15) is 74.6 Å². The van der Waals surface area contributed by atoms with Gasteiger partial charge < -0.3 is 13.3 Å². The quantitative estimate of drug-likeness (QED) is 0.139. The Balaban J connectivity index is 6.66. The molecule has 0 rings (SSSR count). The van der Waals surface area contributed by atoms with E-state index < -0.39 is 88.7 Å². The molecule has 0 amide bonds. The fourth-order valence-electron chi connectivity index (χ4n) is 2.65. The van der Waals surface area contributed by atoms with Crippen molar-refractivity contribution in [2.75, 3.05) is 19.8 Å². The van der Waals surface area contributed by atoms with Crippen LogP contribution in [0.3, 0.4) is 0 Å². The van der Waals surface area contributed by atoms with E-state index in [1.807, 2.05) is 0 Å². The van der Waals surface area contributed by atoms with Crippen LogP contribution < -0.4 is 0 Å². The molecule has 0 aliphatic heterocycles. The van der Waals surface area contributed by atoms with Crippen LogP contribution in [0, 0.1) is 0 Å². The van der Waals surface area contributed by atoms with Gasteiger partial charge in [-0.2, -0.15) is 61.5 Å². The lowest BCUT2D eigenvalue weighted by molar-refractivity contribution is -0.447. The van der Waals surface area contributed by atoms with Crippen molar-refractivity contribution in [3.05, 3.63) is 0 Å². The summed E-state index contributed by atoms with van der Waals surface area (Å²) in [7, 11) is -5.16. The van der Waals surface area contributed by atoms with Crippen LogP contribution in [0.4, 0.5) is 74.6 Å². The van der Waals surface area contributed by atoms with Crippen molar-refractivity contribution in [3.8, 4) is 0 Å². The summed E-state index contributed by atoms with van der Waals surface area (Å²) in [6.45, 7) is 1.27. The predicted octanol–water partition coefficient (Wildman–Crippen LogP) is 7.01. The standard InChI is InChI=1S/C16H19F17O3Si/c1-4-34-37(35-5-2,36-6-3)8(17)7-10(20,21)12(24,25)14(28,29)16(32,33)15(30,31)13(26,27)11(22,23)9(18)19/h8-9H,4-7H2,1-3H3. The molecule has 224 valence electrons.